The summed E-state index contributed by atoms with van der Waals surface area (Å²) in [6.07, 6.45) is 0.775. The van der Waals surface area contributed by atoms with Crippen LogP contribution in [0.2, 0.25) is 0 Å². The first-order valence-electron chi connectivity index (χ1n) is 4.46. The lowest BCUT2D eigenvalue weighted by Crippen LogP contribution is -2.40. The first-order valence-corrected chi connectivity index (χ1v) is 3.46. The molecule has 0 bridgehead atoms. The Morgan fingerprint density at radius 1 is 1.60 bits per heavy atom. The van der Waals surface area contributed by atoms with Gasteiger partial charge in [0.15, 0.2) is 0 Å². The zero-order chi connectivity index (χ0) is 9.83. The van der Waals surface area contributed by atoms with E-state index in [0.29, 0.717) is 11.1 Å². The van der Waals surface area contributed by atoms with E-state index in [1.165, 1.54) is 0 Å². The molecule has 10 heavy (non-hydrogen) atoms. The van der Waals surface area contributed by atoms with Crippen LogP contribution in [0.4, 0.5) is 0 Å². The van der Waals surface area contributed by atoms with Crippen LogP contribution in [0, 0.1) is 0 Å². The first kappa shape index (κ1) is 6.58. The van der Waals surface area contributed by atoms with Gasteiger partial charge in [-0.1, -0.05) is 0 Å². The smallest absolute Gasteiger partial charge is 0.0921 e. The molecule has 0 radical (unpaired) electrons. The number of quaternary nitrogens is 1. The fraction of sp³-hybridized carbons (Fsp3) is 1.00. The van der Waals surface area contributed by atoms with Crippen LogP contribution >= 0.6 is 0 Å². The molecule has 3 heteroatoms. The molecule has 0 unspecified atom stereocenters. The van der Waals surface area contributed by atoms with Crippen molar-refractivity contribution in [2.45, 2.75) is 13.3 Å². The third kappa shape index (κ3) is 4.73. The van der Waals surface area contributed by atoms with Gasteiger partial charge in [-0.05, 0) is 6.92 Å². The molecule has 0 aromatic heterocycles. The highest BCUT2D eigenvalue weighted by atomic mass is 16.6. The van der Waals surface area contributed by atoms with Crippen LogP contribution in [0.25, 0.3) is 0 Å². The Kier molecular flexibility index (Phi) is 3.07. The molecule has 0 spiro atoms. The van der Waals surface area contributed by atoms with Crippen molar-refractivity contribution in [2.75, 3.05) is 33.7 Å². The summed E-state index contributed by atoms with van der Waals surface area (Å²) < 4.78 is 15.4. The van der Waals surface area contributed by atoms with Gasteiger partial charge < -0.3 is 9.32 Å². The normalized spacial score (nSPS) is 16.4. The number of hydrogen-bond donors (Lipinski definition) is 1. The quantitative estimate of drug-likeness (QED) is 0.348. The van der Waals surface area contributed by atoms with Crippen molar-refractivity contribution in [3.05, 3.63) is 0 Å². The molecule has 3 nitrogen and oxygen atoms in total. The van der Waals surface area contributed by atoms with Gasteiger partial charge in [0, 0.05) is 6.42 Å². The zero-order valence-corrected chi connectivity index (χ0v) is 7.05. The molecule has 0 aliphatic carbocycles. The van der Waals surface area contributed by atoms with Crippen molar-refractivity contribution in [3.8, 4) is 0 Å². The van der Waals surface area contributed by atoms with Gasteiger partial charge in [-0.15, -0.1) is 0 Å². The third-order valence-electron chi connectivity index (χ3n) is 1.58. The van der Waals surface area contributed by atoms with Crippen molar-refractivity contribution >= 4 is 0 Å². The molecular formula is C7H19N2O+. The van der Waals surface area contributed by atoms with E-state index in [1.807, 2.05) is 14.1 Å². The highest BCUT2D eigenvalue weighted by molar-refractivity contribution is 4.33. The van der Waals surface area contributed by atoms with Crippen LogP contribution < -0.4 is 5.90 Å². The lowest BCUT2D eigenvalue weighted by Gasteiger charge is -2.27. The molecule has 0 atom stereocenters. The number of rotatable bonds is 5. The second kappa shape index (κ2) is 4.66. The topological polar surface area (TPSA) is 35.2 Å². The van der Waals surface area contributed by atoms with Crippen molar-refractivity contribution in [3.63, 3.8) is 0 Å². The Bertz CT molecular complexity index is 134. The van der Waals surface area contributed by atoms with E-state index < -0.39 is 6.50 Å². The Balaban J connectivity index is 3.88. The minimum atomic E-state index is -1.21. The summed E-state index contributed by atoms with van der Waals surface area (Å²) in [5, 5.41) is 0. The summed E-state index contributed by atoms with van der Waals surface area (Å²) >= 11 is 0. The van der Waals surface area contributed by atoms with Crippen molar-refractivity contribution in [1.29, 1.82) is 0 Å². The maximum Gasteiger partial charge on any atom is 0.0921 e. The molecule has 0 saturated heterocycles. The Morgan fingerprint density at radius 2 is 2.20 bits per heavy atom. The number of nitrogens with two attached hydrogens (primary N) is 1. The highest BCUT2D eigenvalue weighted by Gasteiger charge is 2.09. The molecule has 0 heterocycles. The predicted molar refractivity (Wildman–Crippen MR) is 42.3 cm³/mol. The first-order chi connectivity index (χ1) is 5.31. The Hall–Kier alpha value is -0.120. The van der Waals surface area contributed by atoms with Gasteiger partial charge in [0.05, 0.1) is 36.5 Å². The minimum absolute atomic E-state index is 0.330. The standard InChI is InChI=1S/C7H19N2O/c1-4-9(2,3)6-5-7-10-8/h4-8H2,1-3H3/q+1/i4D2. The van der Waals surface area contributed by atoms with E-state index in [9.17, 15) is 0 Å². The zero-order valence-electron chi connectivity index (χ0n) is 9.05. The average molecular weight is 149 g/mol. The van der Waals surface area contributed by atoms with Crippen LogP contribution in [0.1, 0.15) is 16.1 Å². The van der Waals surface area contributed by atoms with Gasteiger partial charge in [0.25, 0.3) is 0 Å². The molecule has 0 aromatic carbocycles. The molecule has 0 saturated carbocycles. The molecule has 0 rings (SSSR count). The summed E-state index contributed by atoms with van der Waals surface area (Å²) in [7, 11) is 3.72. The average Bonchev–Trinajstić information content (AvgIpc) is 1.85. The second-order valence-corrected chi connectivity index (χ2v) is 2.86. The summed E-state index contributed by atoms with van der Waals surface area (Å²) in [6, 6.07) is 0. The van der Waals surface area contributed by atoms with E-state index in [0.717, 1.165) is 13.0 Å². The van der Waals surface area contributed by atoms with E-state index in [-0.39, 0.29) is 0 Å². The lowest BCUT2D eigenvalue weighted by atomic mass is 10.3. The van der Waals surface area contributed by atoms with Crippen LogP contribution in [0.5, 0.6) is 0 Å². The molecular weight excluding hydrogens is 128 g/mol. The SMILES string of the molecule is [2H]C([2H])(C)[N+](C)(C)CCCON. The molecule has 0 aliphatic heterocycles. The Labute approximate surface area is 66.1 Å². The fourth-order valence-corrected chi connectivity index (χ4v) is 0.655. The van der Waals surface area contributed by atoms with Crippen molar-refractivity contribution in [1.82, 2.24) is 0 Å². The number of hydrogen-bond acceptors (Lipinski definition) is 2. The van der Waals surface area contributed by atoms with E-state index in [4.69, 9.17) is 8.64 Å². The summed E-state index contributed by atoms with van der Waals surface area (Å²) in [5.41, 5.74) is 0. The van der Waals surface area contributed by atoms with Crippen LogP contribution in [-0.2, 0) is 4.84 Å². The summed E-state index contributed by atoms with van der Waals surface area (Å²) in [5.74, 6) is 4.87. The predicted octanol–water partition coefficient (Wildman–Crippen LogP) is 0.363. The number of nitrogens with zero attached hydrogens (tertiary/aromatic N) is 1. The largest absolute Gasteiger partial charge is 0.329 e. The summed E-state index contributed by atoms with van der Waals surface area (Å²) in [4.78, 5) is 4.42. The maximum absolute atomic E-state index is 7.54. The van der Waals surface area contributed by atoms with Crippen LogP contribution in [0.3, 0.4) is 0 Å². The second-order valence-electron chi connectivity index (χ2n) is 2.86. The van der Waals surface area contributed by atoms with Gasteiger partial charge in [0.2, 0.25) is 0 Å². The Morgan fingerprint density at radius 3 is 2.60 bits per heavy atom. The third-order valence-corrected chi connectivity index (χ3v) is 1.58. The molecule has 2 N–H and O–H groups in total. The van der Waals surface area contributed by atoms with E-state index in [2.05, 4.69) is 4.84 Å². The minimum Gasteiger partial charge on any atom is -0.329 e. The highest BCUT2D eigenvalue weighted by Crippen LogP contribution is 1.97. The van der Waals surface area contributed by atoms with Gasteiger partial charge in [-0.2, -0.15) is 0 Å². The van der Waals surface area contributed by atoms with E-state index in [1.54, 1.807) is 6.92 Å². The van der Waals surface area contributed by atoms with Crippen molar-refractivity contribution in [2.24, 2.45) is 5.90 Å². The van der Waals surface area contributed by atoms with Gasteiger partial charge in [-0.3, -0.25) is 0 Å². The molecule has 0 aliphatic rings. The molecule has 62 valence electrons. The summed E-state index contributed by atoms with van der Waals surface area (Å²) in [6.45, 7) is 1.57. The van der Waals surface area contributed by atoms with Crippen LogP contribution in [0.15, 0.2) is 0 Å². The molecule has 0 fully saturated rings. The van der Waals surface area contributed by atoms with E-state index >= 15 is 0 Å². The van der Waals surface area contributed by atoms with Gasteiger partial charge in [0.1, 0.15) is 0 Å². The van der Waals surface area contributed by atoms with Gasteiger partial charge in [-0.25, -0.2) is 5.90 Å². The lowest BCUT2D eigenvalue weighted by molar-refractivity contribution is -0.888. The van der Waals surface area contributed by atoms with Crippen molar-refractivity contribution < 1.29 is 12.1 Å². The molecule has 0 amide bonds. The van der Waals surface area contributed by atoms with Crippen LogP contribution in [-0.4, -0.2) is 38.2 Å². The molecule has 0 aromatic rings. The monoisotopic (exact) mass is 149 g/mol. The van der Waals surface area contributed by atoms with Gasteiger partial charge >= 0.3 is 0 Å². The maximum atomic E-state index is 7.54. The fourth-order valence-electron chi connectivity index (χ4n) is 0.655.